The molecule has 202 valence electrons. The number of piperazine rings is 1. The van der Waals surface area contributed by atoms with Gasteiger partial charge in [0.15, 0.2) is 0 Å². The van der Waals surface area contributed by atoms with Gasteiger partial charge in [-0.3, -0.25) is 14.6 Å². The van der Waals surface area contributed by atoms with Gasteiger partial charge in [0.25, 0.3) is 5.91 Å². The molecule has 2 aliphatic heterocycles. The lowest BCUT2D eigenvalue weighted by Gasteiger charge is -2.39. The van der Waals surface area contributed by atoms with E-state index in [2.05, 4.69) is 10.2 Å². The van der Waals surface area contributed by atoms with Crippen LogP contribution >= 0.6 is 23.2 Å². The van der Waals surface area contributed by atoms with Crippen molar-refractivity contribution in [1.82, 2.24) is 20.0 Å². The molecule has 0 saturated carbocycles. The molecular formula is C27H30Cl2N4O5. The van der Waals surface area contributed by atoms with Gasteiger partial charge in [-0.25, -0.2) is 9.59 Å². The molecule has 38 heavy (non-hydrogen) atoms. The number of urea groups is 1. The van der Waals surface area contributed by atoms with Gasteiger partial charge in [0, 0.05) is 61.1 Å². The first-order chi connectivity index (χ1) is 18.2. The van der Waals surface area contributed by atoms with Crippen molar-refractivity contribution in [2.24, 2.45) is 0 Å². The molecule has 1 unspecified atom stereocenters. The predicted octanol–water partition coefficient (Wildman–Crippen LogP) is 3.97. The normalized spacial score (nSPS) is 18.3. The van der Waals surface area contributed by atoms with Crippen LogP contribution in [-0.4, -0.2) is 86.1 Å². The topological polar surface area (TPSA) is 91.4 Å². The number of carbonyl (C=O) groups excluding carboxylic acids is 3. The number of likely N-dealkylation sites (N-methyl/N-ethyl adjacent to an activating group) is 1. The standard InChI is InChI=1S/C27H30Cl2N4O5/c1-4-38-26(35)23-22(31(2)27(36)30-24(23)20-9-8-18(28)15-21(20)29)16-32-10-12-33(13-11-32)25(34)17-6-5-7-19(14-17)37-3/h5-9,14-15,24H,4,10-13,16H2,1-3H3,(H,30,36). The van der Waals surface area contributed by atoms with Crippen LogP contribution in [0.15, 0.2) is 53.7 Å². The summed E-state index contributed by atoms with van der Waals surface area (Å²) in [5.41, 5.74) is 1.95. The van der Waals surface area contributed by atoms with Crippen LogP contribution in [0.5, 0.6) is 5.75 Å². The Morgan fingerprint density at radius 2 is 1.82 bits per heavy atom. The van der Waals surface area contributed by atoms with Gasteiger partial charge in [0.2, 0.25) is 0 Å². The van der Waals surface area contributed by atoms with E-state index in [4.69, 9.17) is 32.7 Å². The first kappa shape index (κ1) is 27.8. The van der Waals surface area contributed by atoms with E-state index >= 15 is 0 Å². The van der Waals surface area contributed by atoms with Crippen molar-refractivity contribution in [2.75, 3.05) is 53.5 Å². The van der Waals surface area contributed by atoms with E-state index in [0.29, 0.717) is 70.9 Å². The lowest BCUT2D eigenvalue weighted by molar-refractivity contribution is -0.139. The number of benzene rings is 2. The molecule has 0 aromatic heterocycles. The second kappa shape index (κ2) is 12.1. The summed E-state index contributed by atoms with van der Waals surface area (Å²) in [6.07, 6.45) is 0. The molecule has 0 aliphatic carbocycles. The van der Waals surface area contributed by atoms with Crippen LogP contribution in [0.2, 0.25) is 10.0 Å². The smallest absolute Gasteiger partial charge is 0.338 e. The number of carbonyl (C=O) groups is 3. The van der Waals surface area contributed by atoms with E-state index in [9.17, 15) is 14.4 Å². The van der Waals surface area contributed by atoms with Crippen LogP contribution < -0.4 is 10.1 Å². The van der Waals surface area contributed by atoms with Crippen molar-refractivity contribution < 1.29 is 23.9 Å². The average molecular weight is 561 g/mol. The molecular weight excluding hydrogens is 531 g/mol. The Morgan fingerprint density at radius 1 is 1.08 bits per heavy atom. The first-order valence-electron chi connectivity index (χ1n) is 12.3. The summed E-state index contributed by atoms with van der Waals surface area (Å²) in [5, 5.41) is 3.65. The SMILES string of the molecule is CCOC(=O)C1=C(CN2CCN(C(=O)c3cccc(OC)c3)CC2)N(C)C(=O)NC1c1ccc(Cl)cc1Cl. The molecule has 2 aromatic carbocycles. The second-order valence-corrected chi connectivity index (χ2v) is 9.83. The van der Waals surface area contributed by atoms with E-state index in [0.717, 1.165) is 0 Å². The molecule has 2 aromatic rings. The number of nitrogens with zero attached hydrogens (tertiary/aromatic N) is 3. The molecule has 1 atom stereocenters. The van der Waals surface area contributed by atoms with Crippen molar-refractivity contribution in [3.8, 4) is 5.75 Å². The van der Waals surface area contributed by atoms with Crippen LogP contribution in [0, 0.1) is 0 Å². The first-order valence-corrected chi connectivity index (χ1v) is 13.0. The summed E-state index contributed by atoms with van der Waals surface area (Å²) in [6, 6.07) is 10.8. The molecule has 1 N–H and O–H groups in total. The zero-order valence-electron chi connectivity index (χ0n) is 21.5. The van der Waals surface area contributed by atoms with E-state index < -0.39 is 12.0 Å². The Morgan fingerprint density at radius 3 is 2.47 bits per heavy atom. The molecule has 4 rings (SSSR count). The van der Waals surface area contributed by atoms with Crippen molar-refractivity contribution in [2.45, 2.75) is 13.0 Å². The molecule has 0 bridgehead atoms. The van der Waals surface area contributed by atoms with E-state index in [1.807, 2.05) is 0 Å². The van der Waals surface area contributed by atoms with Gasteiger partial charge in [-0.2, -0.15) is 0 Å². The number of esters is 1. The number of hydrogen-bond acceptors (Lipinski definition) is 6. The Hall–Kier alpha value is -3.27. The fourth-order valence-corrected chi connectivity index (χ4v) is 5.14. The number of ether oxygens (including phenoxy) is 2. The largest absolute Gasteiger partial charge is 0.497 e. The van der Waals surface area contributed by atoms with Crippen molar-refractivity contribution in [1.29, 1.82) is 0 Å². The van der Waals surface area contributed by atoms with Gasteiger partial charge < -0.3 is 19.7 Å². The summed E-state index contributed by atoms with van der Waals surface area (Å²) in [4.78, 5) is 44.5. The fourth-order valence-electron chi connectivity index (χ4n) is 4.63. The van der Waals surface area contributed by atoms with Crippen LogP contribution in [0.4, 0.5) is 4.79 Å². The zero-order valence-corrected chi connectivity index (χ0v) is 23.0. The number of nitrogens with one attached hydrogen (secondary N) is 1. The van der Waals surface area contributed by atoms with Crippen molar-refractivity contribution >= 4 is 41.1 Å². The summed E-state index contributed by atoms with van der Waals surface area (Å²) in [5.74, 6) is 0.0284. The van der Waals surface area contributed by atoms with Crippen LogP contribution in [-0.2, 0) is 9.53 Å². The van der Waals surface area contributed by atoms with Crippen LogP contribution in [0.25, 0.3) is 0 Å². The molecule has 9 nitrogen and oxygen atoms in total. The Kier molecular flexibility index (Phi) is 8.81. The lowest BCUT2D eigenvalue weighted by Crippen LogP contribution is -2.53. The maximum atomic E-state index is 13.2. The summed E-state index contributed by atoms with van der Waals surface area (Å²) >= 11 is 12.5. The maximum absolute atomic E-state index is 13.2. The second-order valence-electron chi connectivity index (χ2n) is 8.99. The number of amides is 3. The highest BCUT2D eigenvalue weighted by Crippen LogP contribution is 2.36. The molecule has 11 heteroatoms. The van der Waals surface area contributed by atoms with Gasteiger partial charge in [0.05, 0.1) is 25.3 Å². The number of rotatable bonds is 7. The zero-order chi connectivity index (χ0) is 27.4. The Balaban J connectivity index is 1.57. The molecule has 2 aliphatic rings. The van der Waals surface area contributed by atoms with Crippen molar-refractivity contribution in [3.05, 3.63) is 74.9 Å². The van der Waals surface area contributed by atoms with Gasteiger partial charge in [-0.1, -0.05) is 35.3 Å². The fraction of sp³-hybridized carbons (Fsp3) is 0.370. The minimum absolute atomic E-state index is 0.0680. The minimum Gasteiger partial charge on any atom is -0.497 e. The van der Waals surface area contributed by atoms with Gasteiger partial charge >= 0.3 is 12.0 Å². The monoisotopic (exact) mass is 560 g/mol. The Labute approximate surface area is 231 Å². The van der Waals surface area contributed by atoms with Gasteiger partial charge in [-0.15, -0.1) is 0 Å². The van der Waals surface area contributed by atoms with Crippen LogP contribution in [0.3, 0.4) is 0 Å². The summed E-state index contributed by atoms with van der Waals surface area (Å²) < 4.78 is 10.6. The van der Waals surface area contributed by atoms with Gasteiger partial charge in [0.1, 0.15) is 5.75 Å². The molecule has 1 saturated heterocycles. The quantitative estimate of drug-likeness (QED) is 0.515. The maximum Gasteiger partial charge on any atom is 0.338 e. The molecule has 3 amide bonds. The molecule has 0 radical (unpaired) electrons. The van der Waals surface area contributed by atoms with Crippen molar-refractivity contribution in [3.63, 3.8) is 0 Å². The lowest BCUT2D eigenvalue weighted by atomic mass is 9.94. The highest BCUT2D eigenvalue weighted by molar-refractivity contribution is 6.35. The predicted molar refractivity (Wildman–Crippen MR) is 144 cm³/mol. The van der Waals surface area contributed by atoms with E-state index in [1.165, 1.54) is 4.90 Å². The van der Waals surface area contributed by atoms with E-state index in [1.54, 1.807) is 68.4 Å². The Bertz CT molecular complexity index is 1260. The van der Waals surface area contributed by atoms with E-state index in [-0.39, 0.29) is 18.5 Å². The number of hydrogen-bond donors (Lipinski definition) is 1. The number of halogens is 2. The number of methoxy groups -OCH3 is 1. The summed E-state index contributed by atoms with van der Waals surface area (Å²) in [6.45, 7) is 4.36. The third-order valence-electron chi connectivity index (χ3n) is 6.70. The third kappa shape index (κ3) is 5.90. The third-order valence-corrected chi connectivity index (χ3v) is 7.26. The molecule has 0 spiro atoms. The highest BCUT2D eigenvalue weighted by atomic mass is 35.5. The molecule has 1 fully saturated rings. The van der Waals surface area contributed by atoms with Crippen LogP contribution in [0.1, 0.15) is 28.9 Å². The highest BCUT2D eigenvalue weighted by Gasteiger charge is 2.38. The molecule has 2 heterocycles. The van der Waals surface area contributed by atoms with Gasteiger partial charge in [-0.05, 0) is 42.8 Å². The minimum atomic E-state index is -0.798. The summed E-state index contributed by atoms with van der Waals surface area (Å²) in [7, 11) is 3.18. The average Bonchev–Trinajstić information content (AvgIpc) is 2.91.